The molecule has 98 valence electrons. The van der Waals surface area contributed by atoms with Crippen LogP contribution in [0.2, 0.25) is 0 Å². The van der Waals surface area contributed by atoms with E-state index < -0.39 is 17.4 Å². The van der Waals surface area contributed by atoms with Gasteiger partial charge in [0, 0.05) is 16.6 Å². The van der Waals surface area contributed by atoms with Crippen molar-refractivity contribution in [3.05, 3.63) is 42.5 Å². The lowest BCUT2D eigenvalue weighted by molar-refractivity contribution is -0.174. The minimum absolute atomic E-state index is 0.296. The average Bonchev–Trinajstić information content (AvgIpc) is 2.40. The standard InChI is InChI=1S/C14H12O4S/c15-12(16)14-7-6-9(18-13(14)17)8-11(14)19-10-4-2-1-3-5-10/h1-7,9,11H,8H2,(H,15,16)/t9-,11+,14+/m0/s1. The molecule has 4 nitrogen and oxygen atoms in total. The lowest BCUT2D eigenvalue weighted by Crippen LogP contribution is -2.55. The molecule has 2 bridgehead atoms. The molecule has 1 aromatic carbocycles. The van der Waals surface area contributed by atoms with Crippen molar-refractivity contribution in [3.8, 4) is 0 Å². The molecule has 1 aliphatic carbocycles. The quantitative estimate of drug-likeness (QED) is 0.520. The summed E-state index contributed by atoms with van der Waals surface area (Å²) in [5.74, 6) is -1.78. The van der Waals surface area contributed by atoms with Crippen molar-refractivity contribution in [2.75, 3.05) is 0 Å². The summed E-state index contributed by atoms with van der Waals surface area (Å²) in [6, 6.07) is 9.52. The normalized spacial score (nSPS) is 32.1. The minimum atomic E-state index is -1.55. The second-order valence-corrected chi connectivity index (χ2v) is 5.91. The molecule has 0 saturated carbocycles. The van der Waals surface area contributed by atoms with Gasteiger partial charge in [-0.15, -0.1) is 11.8 Å². The predicted molar refractivity (Wildman–Crippen MR) is 69.8 cm³/mol. The number of benzene rings is 1. The number of carboxylic acid groups (broad SMARTS) is 1. The van der Waals surface area contributed by atoms with E-state index in [9.17, 15) is 14.7 Å². The summed E-state index contributed by atoms with van der Waals surface area (Å²) in [6.45, 7) is 0. The molecule has 1 saturated heterocycles. The number of carboxylic acids is 1. The maximum atomic E-state index is 12.0. The van der Waals surface area contributed by atoms with E-state index in [1.165, 1.54) is 17.8 Å². The van der Waals surface area contributed by atoms with Crippen molar-refractivity contribution >= 4 is 23.7 Å². The highest BCUT2D eigenvalue weighted by Gasteiger charge is 2.59. The van der Waals surface area contributed by atoms with Crippen LogP contribution in [0.5, 0.6) is 0 Å². The Balaban J connectivity index is 1.95. The van der Waals surface area contributed by atoms with Crippen LogP contribution in [-0.2, 0) is 14.3 Å². The molecular weight excluding hydrogens is 264 g/mol. The molecule has 0 aromatic heterocycles. The molecule has 1 aromatic rings. The van der Waals surface area contributed by atoms with Crippen LogP contribution >= 0.6 is 11.8 Å². The van der Waals surface area contributed by atoms with Crippen LogP contribution in [0.25, 0.3) is 0 Å². The number of fused-ring (bicyclic) bond motifs is 2. The summed E-state index contributed by atoms with van der Waals surface area (Å²) >= 11 is 1.43. The summed E-state index contributed by atoms with van der Waals surface area (Å²) < 4.78 is 5.10. The van der Waals surface area contributed by atoms with Crippen LogP contribution in [0.4, 0.5) is 0 Å². The number of hydrogen-bond acceptors (Lipinski definition) is 4. The largest absolute Gasteiger partial charge is 0.480 e. The van der Waals surface area contributed by atoms with Crippen molar-refractivity contribution in [2.45, 2.75) is 22.7 Å². The van der Waals surface area contributed by atoms with Crippen LogP contribution in [0.1, 0.15) is 6.42 Å². The first-order valence-corrected chi connectivity index (χ1v) is 6.86. The molecular formula is C14H12O4S. The van der Waals surface area contributed by atoms with Gasteiger partial charge in [0.2, 0.25) is 0 Å². The number of carbonyl (C=O) groups is 2. The molecule has 0 amide bonds. The van der Waals surface area contributed by atoms with Gasteiger partial charge in [0.1, 0.15) is 6.10 Å². The van der Waals surface area contributed by atoms with Gasteiger partial charge in [0.25, 0.3) is 0 Å². The van der Waals surface area contributed by atoms with E-state index in [2.05, 4.69) is 0 Å². The Morgan fingerprint density at radius 2 is 2.11 bits per heavy atom. The van der Waals surface area contributed by atoms with Gasteiger partial charge in [-0.1, -0.05) is 24.3 Å². The smallest absolute Gasteiger partial charge is 0.329 e. The van der Waals surface area contributed by atoms with E-state index in [1.54, 1.807) is 6.08 Å². The van der Waals surface area contributed by atoms with Crippen molar-refractivity contribution in [3.63, 3.8) is 0 Å². The Labute approximate surface area is 114 Å². The van der Waals surface area contributed by atoms with Gasteiger partial charge in [-0.3, -0.25) is 9.59 Å². The molecule has 3 atom stereocenters. The van der Waals surface area contributed by atoms with Crippen LogP contribution in [0, 0.1) is 5.41 Å². The van der Waals surface area contributed by atoms with E-state index in [0.29, 0.717) is 6.42 Å². The molecule has 1 fully saturated rings. The molecule has 19 heavy (non-hydrogen) atoms. The van der Waals surface area contributed by atoms with Crippen LogP contribution in [0.15, 0.2) is 47.4 Å². The highest BCUT2D eigenvalue weighted by atomic mass is 32.2. The lowest BCUT2D eigenvalue weighted by Gasteiger charge is -2.42. The number of rotatable bonds is 3. The number of carbonyl (C=O) groups excluding carboxylic acids is 1. The number of hydrogen-bond donors (Lipinski definition) is 1. The minimum Gasteiger partial charge on any atom is -0.480 e. The Hall–Kier alpha value is -1.75. The zero-order valence-electron chi connectivity index (χ0n) is 9.98. The number of aliphatic carboxylic acids is 1. The predicted octanol–water partition coefficient (Wildman–Crippen LogP) is 2.10. The van der Waals surface area contributed by atoms with Gasteiger partial charge < -0.3 is 9.84 Å². The number of ether oxygens (including phenoxy) is 1. The third-order valence-electron chi connectivity index (χ3n) is 3.50. The fourth-order valence-electron chi connectivity index (χ4n) is 2.46. The number of thioether (sulfide) groups is 1. The average molecular weight is 276 g/mol. The molecule has 0 unspecified atom stereocenters. The second-order valence-electron chi connectivity index (χ2n) is 4.63. The van der Waals surface area contributed by atoms with E-state index >= 15 is 0 Å². The van der Waals surface area contributed by atoms with Gasteiger partial charge >= 0.3 is 11.9 Å². The zero-order chi connectivity index (χ0) is 13.5. The van der Waals surface area contributed by atoms with Crippen molar-refractivity contribution in [2.24, 2.45) is 5.41 Å². The van der Waals surface area contributed by atoms with Gasteiger partial charge in [-0.25, -0.2) is 0 Å². The monoisotopic (exact) mass is 276 g/mol. The van der Waals surface area contributed by atoms with Crippen LogP contribution in [0.3, 0.4) is 0 Å². The summed E-state index contributed by atoms with van der Waals surface area (Å²) in [5, 5.41) is 9.14. The Bertz CT molecular complexity index is 554. The fourth-order valence-corrected chi connectivity index (χ4v) is 3.85. The van der Waals surface area contributed by atoms with E-state index in [1.807, 2.05) is 30.3 Å². The zero-order valence-corrected chi connectivity index (χ0v) is 10.8. The van der Waals surface area contributed by atoms with Gasteiger partial charge in [0.05, 0.1) is 0 Å². The first kappa shape index (κ1) is 12.3. The molecule has 3 aliphatic rings. The third-order valence-corrected chi connectivity index (χ3v) is 4.89. The molecule has 2 aliphatic heterocycles. The maximum Gasteiger partial charge on any atom is 0.329 e. The summed E-state index contributed by atoms with van der Waals surface area (Å²) in [4.78, 5) is 24.5. The highest BCUT2D eigenvalue weighted by molar-refractivity contribution is 8.00. The third kappa shape index (κ3) is 1.85. The molecule has 5 heteroatoms. The van der Waals surface area contributed by atoms with E-state index in [4.69, 9.17) is 4.74 Å². The van der Waals surface area contributed by atoms with Crippen molar-refractivity contribution in [1.29, 1.82) is 0 Å². The number of esters is 1. The fraction of sp³-hybridized carbons (Fsp3) is 0.286. The van der Waals surface area contributed by atoms with E-state index in [0.717, 1.165) is 4.90 Å². The lowest BCUT2D eigenvalue weighted by atomic mass is 9.75. The van der Waals surface area contributed by atoms with Crippen LogP contribution in [-0.4, -0.2) is 28.4 Å². The Morgan fingerprint density at radius 3 is 2.74 bits per heavy atom. The van der Waals surface area contributed by atoms with Crippen molar-refractivity contribution in [1.82, 2.24) is 0 Å². The van der Waals surface area contributed by atoms with Crippen molar-refractivity contribution < 1.29 is 19.4 Å². The van der Waals surface area contributed by atoms with Crippen LogP contribution < -0.4 is 0 Å². The summed E-state index contributed by atoms with van der Waals surface area (Å²) in [5.41, 5.74) is -1.55. The van der Waals surface area contributed by atoms with Gasteiger partial charge in [0.15, 0.2) is 5.41 Å². The molecule has 0 radical (unpaired) electrons. The molecule has 4 rings (SSSR count). The molecule has 2 heterocycles. The molecule has 1 N–H and O–H groups in total. The first-order valence-electron chi connectivity index (χ1n) is 5.98. The van der Waals surface area contributed by atoms with E-state index in [-0.39, 0.29) is 11.4 Å². The second kappa shape index (κ2) is 4.42. The molecule has 0 spiro atoms. The maximum absolute atomic E-state index is 12.0. The summed E-state index contributed by atoms with van der Waals surface area (Å²) in [7, 11) is 0. The topological polar surface area (TPSA) is 63.6 Å². The van der Waals surface area contributed by atoms with Gasteiger partial charge in [-0.05, 0) is 18.2 Å². The first-order chi connectivity index (χ1) is 9.13. The Morgan fingerprint density at radius 1 is 1.37 bits per heavy atom. The Kier molecular flexibility index (Phi) is 2.86. The SMILES string of the molecule is O=C(O)[C@@]12C=C[C@@H](C[C@H]1Sc1ccccc1)OC2=O. The van der Waals surface area contributed by atoms with Gasteiger partial charge in [-0.2, -0.15) is 0 Å². The summed E-state index contributed by atoms with van der Waals surface area (Å²) in [6.07, 6.45) is 3.41. The highest BCUT2D eigenvalue weighted by Crippen LogP contribution is 2.47.